The molecule has 5 aromatic rings. The van der Waals surface area contributed by atoms with Gasteiger partial charge in [-0.3, -0.25) is 0 Å². The van der Waals surface area contributed by atoms with E-state index < -0.39 is 0 Å². The van der Waals surface area contributed by atoms with Crippen molar-refractivity contribution < 1.29 is 0 Å². The molecule has 0 aliphatic heterocycles. The fourth-order valence-corrected chi connectivity index (χ4v) is 14.1. The summed E-state index contributed by atoms with van der Waals surface area (Å²) in [6, 6.07) is 41.6. The molecule has 0 radical (unpaired) electrons. The highest BCUT2D eigenvalue weighted by Crippen LogP contribution is 2.70. The van der Waals surface area contributed by atoms with Crippen LogP contribution in [0.4, 0.5) is 17.1 Å². The van der Waals surface area contributed by atoms with E-state index in [1.54, 1.807) is 11.1 Å². The van der Waals surface area contributed by atoms with E-state index in [9.17, 15) is 0 Å². The van der Waals surface area contributed by atoms with Crippen LogP contribution < -0.4 is 4.90 Å². The van der Waals surface area contributed by atoms with Gasteiger partial charge in [0.1, 0.15) is 0 Å². The Bertz CT molecular complexity index is 2330. The number of fused-ring (bicyclic) bond motifs is 5. The van der Waals surface area contributed by atoms with Gasteiger partial charge in [0.2, 0.25) is 0 Å². The summed E-state index contributed by atoms with van der Waals surface area (Å²) in [7, 11) is 0. The fraction of sp³-hybridized carbons (Fsp3) is 0.464. The number of rotatable bonds is 4. The van der Waals surface area contributed by atoms with Crippen LogP contribution in [0.15, 0.2) is 103 Å². The molecule has 1 heteroatoms. The van der Waals surface area contributed by atoms with E-state index in [1.165, 1.54) is 119 Å². The number of anilines is 3. The Balaban J connectivity index is 1.22. The lowest BCUT2D eigenvalue weighted by molar-refractivity contribution is -0.0399. The second kappa shape index (κ2) is 12.0. The van der Waals surface area contributed by atoms with E-state index in [-0.39, 0.29) is 27.1 Å². The molecule has 7 aliphatic rings. The molecule has 0 saturated heterocycles. The highest BCUT2D eigenvalue weighted by molar-refractivity contribution is 5.95. The maximum absolute atomic E-state index is 2.75. The smallest absolute Gasteiger partial charge is 0.0543 e. The summed E-state index contributed by atoms with van der Waals surface area (Å²) >= 11 is 0. The molecule has 292 valence electrons. The lowest BCUT2D eigenvalue weighted by Crippen LogP contribution is -2.55. The quantitative estimate of drug-likeness (QED) is 0.177. The van der Waals surface area contributed by atoms with Gasteiger partial charge in [0.25, 0.3) is 0 Å². The van der Waals surface area contributed by atoms with Gasteiger partial charge < -0.3 is 4.90 Å². The number of hydrogen-bond acceptors (Lipinski definition) is 1. The van der Waals surface area contributed by atoms with Crippen molar-refractivity contribution in [2.45, 2.75) is 140 Å². The van der Waals surface area contributed by atoms with Gasteiger partial charge in [-0.25, -0.2) is 0 Å². The summed E-state index contributed by atoms with van der Waals surface area (Å²) < 4.78 is 0. The Morgan fingerprint density at radius 1 is 0.404 bits per heavy atom. The van der Waals surface area contributed by atoms with Crippen molar-refractivity contribution in [1.82, 2.24) is 0 Å². The van der Waals surface area contributed by atoms with Crippen molar-refractivity contribution in [2.75, 3.05) is 4.90 Å². The Morgan fingerprint density at radius 3 is 1.44 bits per heavy atom. The van der Waals surface area contributed by atoms with E-state index in [0.717, 1.165) is 23.7 Å². The van der Waals surface area contributed by atoms with Gasteiger partial charge in [-0.15, -0.1) is 0 Å². The van der Waals surface area contributed by atoms with Crippen LogP contribution >= 0.6 is 0 Å². The largest absolute Gasteiger partial charge is 0.310 e. The second-order valence-electron chi connectivity index (χ2n) is 22.3. The van der Waals surface area contributed by atoms with E-state index in [2.05, 4.69) is 163 Å². The van der Waals surface area contributed by atoms with E-state index in [1.807, 2.05) is 0 Å². The van der Waals surface area contributed by atoms with Gasteiger partial charge in [-0.05, 0) is 190 Å². The van der Waals surface area contributed by atoms with Crippen LogP contribution in [0.2, 0.25) is 0 Å². The molecule has 0 unspecified atom stereocenters. The molecular weight excluding hydrogens is 687 g/mol. The van der Waals surface area contributed by atoms with Crippen LogP contribution in [0, 0.1) is 23.7 Å². The monoisotopic (exact) mass is 749 g/mol. The molecule has 0 aromatic heterocycles. The first-order valence-corrected chi connectivity index (χ1v) is 22.6. The first kappa shape index (κ1) is 36.0. The van der Waals surface area contributed by atoms with Crippen molar-refractivity contribution in [3.8, 4) is 22.3 Å². The molecule has 4 fully saturated rings. The highest BCUT2D eigenvalue weighted by atomic mass is 15.1. The van der Waals surface area contributed by atoms with Gasteiger partial charge in [-0.1, -0.05) is 122 Å². The maximum atomic E-state index is 2.75. The predicted octanol–water partition coefficient (Wildman–Crippen LogP) is 15.2. The van der Waals surface area contributed by atoms with Gasteiger partial charge in [0, 0.05) is 22.4 Å². The van der Waals surface area contributed by atoms with Crippen molar-refractivity contribution in [3.63, 3.8) is 0 Å². The molecule has 4 saturated carbocycles. The summed E-state index contributed by atoms with van der Waals surface area (Å²) in [4.78, 5) is 2.71. The van der Waals surface area contributed by atoms with Crippen LogP contribution in [0.25, 0.3) is 22.3 Å². The SMILES string of the molecule is CC1(C)CCC(C)(C)c2cc(N(c3ccc4c(c3)C(C)(C)CCC4(C)C)c3cc4c(cc3-c3ccccc3)-c3ccccc3C43C4CC5CC(C4)CC3C5)ccc21. The van der Waals surface area contributed by atoms with Crippen LogP contribution in [0.1, 0.15) is 147 Å². The van der Waals surface area contributed by atoms with E-state index in [0.29, 0.717) is 0 Å². The minimum atomic E-state index is 0.0960. The van der Waals surface area contributed by atoms with Gasteiger partial charge in [-0.2, -0.15) is 0 Å². The van der Waals surface area contributed by atoms with Crippen LogP contribution in [-0.4, -0.2) is 0 Å². The van der Waals surface area contributed by atoms with Gasteiger partial charge in [0.15, 0.2) is 0 Å². The number of benzene rings is 5. The van der Waals surface area contributed by atoms with Crippen molar-refractivity contribution in [2.24, 2.45) is 23.7 Å². The minimum Gasteiger partial charge on any atom is -0.310 e. The topological polar surface area (TPSA) is 3.24 Å². The summed E-state index contributed by atoms with van der Waals surface area (Å²) in [5.74, 6) is 3.28. The molecule has 57 heavy (non-hydrogen) atoms. The number of hydrogen-bond donors (Lipinski definition) is 0. The normalized spacial score (nSPS) is 28.7. The molecule has 0 N–H and O–H groups in total. The summed E-state index contributed by atoms with van der Waals surface area (Å²) in [6.07, 6.45) is 11.9. The summed E-state index contributed by atoms with van der Waals surface area (Å²) in [5.41, 5.74) is 19.5. The summed E-state index contributed by atoms with van der Waals surface area (Å²) in [5, 5.41) is 0. The van der Waals surface area contributed by atoms with Crippen molar-refractivity contribution >= 4 is 17.1 Å². The first-order valence-electron chi connectivity index (χ1n) is 22.6. The van der Waals surface area contributed by atoms with Gasteiger partial charge in [0.05, 0.1) is 5.69 Å². The molecule has 4 bridgehead atoms. The molecule has 12 rings (SSSR count). The zero-order chi connectivity index (χ0) is 39.3. The van der Waals surface area contributed by atoms with E-state index in [4.69, 9.17) is 0 Å². The Kier molecular flexibility index (Phi) is 7.58. The molecule has 0 heterocycles. The lowest BCUT2D eigenvalue weighted by Gasteiger charge is -2.61. The molecule has 1 spiro atoms. The molecule has 7 aliphatic carbocycles. The van der Waals surface area contributed by atoms with Gasteiger partial charge >= 0.3 is 0 Å². The maximum Gasteiger partial charge on any atom is 0.0543 e. The highest BCUT2D eigenvalue weighted by Gasteiger charge is 2.61. The van der Waals surface area contributed by atoms with E-state index >= 15 is 0 Å². The predicted molar refractivity (Wildman–Crippen MR) is 240 cm³/mol. The molecule has 5 aromatic carbocycles. The zero-order valence-corrected chi connectivity index (χ0v) is 35.9. The zero-order valence-electron chi connectivity index (χ0n) is 35.9. The van der Waals surface area contributed by atoms with Crippen LogP contribution in [0.3, 0.4) is 0 Å². The third-order valence-electron chi connectivity index (χ3n) is 17.2. The van der Waals surface area contributed by atoms with Crippen molar-refractivity contribution in [3.05, 3.63) is 137 Å². The van der Waals surface area contributed by atoms with Crippen LogP contribution in [0.5, 0.6) is 0 Å². The Hall–Kier alpha value is -4.10. The van der Waals surface area contributed by atoms with Crippen molar-refractivity contribution in [1.29, 1.82) is 0 Å². The minimum absolute atomic E-state index is 0.0960. The third kappa shape index (κ3) is 5.12. The Labute approximate surface area is 343 Å². The molecule has 0 atom stereocenters. The molecule has 0 amide bonds. The average Bonchev–Trinajstić information content (AvgIpc) is 3.47. The average molecular weight is 750 g/mol. The number of nitrogens with zero attached hydrogens (tertiary/aromatic N) is 1. The Morgan fingerprint density at radius 2 is 0.895 bits per heavy atom. The first-order chi connectivity index (χ1) is 27.2. The molecule has 1 nitrogen and oxygen atoms in total. The standard InChI is InChI=1S/C56H63N/c1-52(2)22-24-54(5,6)49-31-40(18-20-46(49)52)57(41-19-21-47-50(32-41)55(7,8)25-23-53(47,3)4)51-34-48-44(33-43(51)37-14-10-9-11-15-37)42-16-12-13-17-45(42)56(48)38-27-35-26-36(29-38)30-39(56)28-35/h9-21,31-36,38-39H,22-30H2,1-8H3. The fourth-order valence-electron chi connectivity index (χ4n) is 14.1. The molecular formula is C56H63N. The third-order valence-corrected chi connectivity index (χ3v) is 17.2. The van der Waals surface area contributed by atoms with Crippen LogP contribution in [-0.2, 0) is 27.1 Å². The summed E-state index contributed by atoms with van der Waals surface area (Å²) in [6.45, 7) is 19.8. The lowest BCUT2D eigenvalue weighted by atomic mass is 9.43. The second-order valence-corrected chi connectivity index (χ2v) is 22.3.